The first-order valence-corrected chi connectivity index (χ1v) is 3.35. The highest BCUT2D eigenvalue weighted by atomic mass is 35.5. The Labute approximate surface area is 67.6 Å². The summed E-state index contributed by atoms with van der Waals surface area (Å²) in [6.45, 7) is 0.233. The molecule has 0 aromatic rings. The van der Waals surface area contributed by atoms with E-state index in [2.05, 4.69) is 10.3 Å². The number of primary amides is 1. The number of alkyl halides is 1. The van der Waals surface area contributed by atoms with E-state index in [1.807, 2.05) is 0 Å². The van der Waals surface area contributed by atoms with Gasteiger partial charge < -0.3 is 11.1 Å². The zero-order valence-corrected chi connectivity index (χ0v) is 6.26. The number of nitrogens with one attached hydrogen (secondary N) is 1. The van der Waals surface area contributed by atoms with Crippen molar-refractivity contribution in [3.8, 4) is 0 Å². The van der Waals surface area contributed by atoms with Gasteiger partial charge in [-0.25, -0.2) is 0 Å². The van der Waals surface area contributed by atoms with Crippen molar-refractivity contribution in [1.29, 1.82) is 0 Å². The normalized spacial score (nSPS) is 23.9. The second-order valence-electron chi connectivity index (χ2n) is 1.99. The summed E-state index contributed by atoms with van der Waals surface area (Å²) in [5.74, 6) is -1.41. The largest absolute Gasteiger partial charge is 0.364 e. The Bertz CT molecular complexity index is 238. The number of nitrogens with zero attached hydrogens (tertiary/aromatic N) is 1. The highest BCUT2D eigenvalue weighted by Gasteiger charge is 2.23. The Morgan fingerprint density at radius 2 is 2.45 bits per heavy atom. The summed E-state index contributed by atoms with van der Waals surface area (Å²) >= 11 is 5.51. The molecule has 0 saturated heterocycles. The van der Waals surface area contributed by atoms with Crippen LogP contribution in [0.1, 0.15) is 0 Å². The lowest BCUT2D eigenvalue weighted by Crippen LogP contribution is -2.45. The number of carbonyl (C=O) groups is 2. The van der Waals surface area contributed by atoms with Gasteiger partial charge in [0.1, 0.15) is 5.50 Å². The van der Waals surface area contributed by atoms with Crippen LogP contribution < -0.4 is 11.1 Å². The van der Waals surface area contributed by atoms with Gasteiger partial charge in [0, 0.05) is 0 Å². The molecule has 0 aromatic heterocycles. The number of halogens is 1. The number of hydrogen-bond donors (Lipinski definition) is 2. The fourth-order valence-corrected chi connectivity index (χ4v) is 0.855. The molecule has 0 aromatic carbocycles. The fourth-order valence-electron chi connectivity index (χ4n) is 0.681. The summed E-state index contributed by atoms with van der Waals surface area (Å²) in [6.07, 6.45) is 0. The van der Waals surface area contributed by atoms with Crippen molar-refractivity contribution in [3.05, 3.63) is 0 Å². The van der Waals surface area contributed by atoms with E-state index in [4.69, 9.17) is 17.3 Å². The number of amides is 2. The molecule has 11 heavy (non-hydrogen) atoms. The Balaban J connectivity index is 2.88. The van der Waals surface area contributed by atoms with Crippen LogP contribution >= 0.6 is 11.6 Å². The molecule has 0 bridgehead atoms. The van der Waals surface area contributed by atoms with Crippen LogP contribution in [-0.2, 0) is 9.59 Å². The lowest BCUT2D eigenvalue weighted by Gasteiger charge is -2.13. The third kappa shape index (κ3) is 1.68. The van der Waals surface area contributed by atoms with E-state index < -0.39 is 17.3 Å². The van der Waals surface area contributed by atoms with Crippen molar-refractivity contribution in [2.45, 2.75) is 5.50 Å². The van der Waals surface area contributed by atoms with Gasteiger partial charge in [-0.1, -0.05) is 11.6 Å². The number of carbonyl (C=O) groups excluding carboxylic acids is 2. The summed E-state index contributed by atoms with van der Waals surface area (Å²) in [5.41, 5.74) is 3.93. The highest BCUT2D eigenvalue weighted by Crippen LogP contribution is 2.01. The van der Waals surface area contributed by atoms with Crippen molar-refractivity contribution in [1.82, 2.24) is 5.32 Å². The predicted molar refractivity (Wildman–Crippen MR) is 39.3 cm³/mol. The summed E-state index contributed by atoms with van der Waals surface area (Å²) in [7, 11) is 0. The van der Waals surface area contributed by atoms with E-state index in [1.54, 1.807) is 0 Å². The van der Waals surface area contributed by atoms with E-state index in [9.17, 15) is 9.59 Å². The van der Waals surface area contributed by atoms with Crippen LogP contribution in [0.5, 0.6) is 0 Å². The minimum Gasteiger partial charge on any atom is -0.364 e. The van der Waals surface area contributed by atoms with Crippen molar-refractivity contribution < 1.29 is 9.59 Å². The van der Waals surface area contributed by atoms with Crippen LogP contribution in [0.2, 0.25) is 0 Å². The van der Waals surface area contributed by atoms with Crippen molar-refractivity contribution in [2.24, 2.45) is 10.7 Å². The molecular weight excluding hydrogens is 170 g/mol. The van der Waals surface area contributed by atoms with Crippen LogP contribution in [0.25, 0.3) is 0 Å². The van der Waals surface area contributed by atoms with Crippen molar-refractivity contribution >= 4 is 29.1 Å². The summed E-state index contributed by atoms with van der Waals surface area (Å²) < 4.78 is 0. The van der Waals surface area contributed by atoms with Crippen molar-refractivity contribution in [2.75, 3.05) is 6.54 Å². The molecule has 5 nitrogen and oxygen atoms in total. The van der Waals surface area contributed by atoms with E-state index in [0.29, 0.717) is 0 Å². The molecular formula is C5H6ClN3O2. The minimum absolute atomic E-state index is 0.233. The van der Waals surface area contributed by atoms with E-state index in [1.165, 1.54) is 0 Å². The lowest BCUT2D eigenvalue weighted by atomic mass is 10.3. The molecule has 0 saturated carbocycles. The summed E-state index contributed by atoms with van der Waals surface area (Å²) in [6, 6.07) is 0. The molecule has 6 heteroatoms. The van der Waals surface area contributed by atoms with Gasteiger partial charge in [0.05, 0.1) is 6.54 Å². The van der Waals surface area contributed by atoms with Gasteiger partial charge in [0.25, 0.3) is 11.8 Å². The minimum atomic E-state index is -0.854. The second-order valence-corrected chi connectivity index (χ2v) is 2.49. The third-order valence-electron chi connectivity index (χ3n) is 1.15. The van der Waals surface area contributed by atoms with E-state index >= 15 is 0 Å². The molecule has 1 unspecified atom stereocenters. The number of hydrogen-bond acceptors (Lipinski definition) is 3. The van der Waals surface area contributed by atoms with Gasteiger partial charge in [-0.3, -0.25) is 14.6 Å². The second kappa shape index (κ2) is 2.87. The Kier molecular flexibility index (Phi) is 2.09. The molecule has 0 spiro atoms. The Morgan fingerprint density at radius 3 is 2.91 bits per heavy atom. The molecule has 1 heterocycles. The van der Waals surface area contributed by atoms with Crippen LogP contribution in [0.4, 0.5) is 0 Å². The number of rotatable bonds is 1. The molecule has 0 aliphatic carbocycles. The van der Waals surface area contributed by atoms with Crippen LogP contribution in [0.3, 0.4) is 0 Å². The smallest absolute Gasteiger partial charge is 0.275 e. The maximum Gasteiger partial charge on any atom is 0.275 e. The molecule has 1 aliphatic heterocycles. The van der Waals surface area contributed by atoms with E-state index in [-0.39, 0.29) is 12.3 Å². The van der Waals surface area contributed by atoms with Crippen molar-refractivity contribution in [3.63, 3.8) is 0 Å². The molecule has 0 fully saturated rings. The molecule has 1 rings (SSSR count). The SMILES string of the molecule is NC(=O)C1=NC(Cl)CNC1=O. The first-order valence-electron chi connectivity index (χ1n) is 2.91. The molecule has 3 N–H and O–H groups in total. The van der Waals surface area contributed by atoms with Gasteiger partial charge in [-0.2, -0.15) is 0 Å². The zero-order chi connectivity index (χ0) is 8.43. The molecule has 0 radical (unpaired) electrons. The first kappa shape index (κ1) is 8.00. The molecule has 1 atom stereocenters. The molecule has 1 aliphatic rings. The predicted octanol–water partition coefficient (Wildman–Crippen LogP) is -1.39. The first-order chi connectivity index (χ1) is 5.11. The summed E-state index contributed by atoms with van der Waals surface area (Å²) in [4.78, 5) is 24.8. The monoisotopic (exact) mass is 175 g/mol. The van der Waals surface area contributed by atoms with Gasteiger partial charge in [-0.05, 0) is 0 Å². The van der Waals surface area contributed by atoms with Gasteiger partial charge in [0.15, 0.2) is 5.71 Å². The Morgan fingerprint density at radius 1 is 1.82 bits per heavy atom. The zero-order valence-electron chi connectivity index (χ0n) is 5.50. The maximum atomic E-state index is 10.8. The van der Waals surface area contributed by atoms with Crippen LogP contribution in [0, 0.1) is 0 Å². The lowest BCUT2D eigenvalue weighted by molar-refractivity contribution is -0.117. The molecule has 2 amide bonds. The highest BCUT2D eigenvalue weighted by molar-refractivity contribution is 6.65. The topological polar surface area (TPSA) is 84.6 Å². The van der Waals surface area contributed by atoms with Gasteiger partial charge in [0.2, 0.25) is 0 Å². The average Bonchev–Trinajstić information content (AvgIpc) is 1.94. The quantitative estimate of drug-likeness (QED) is 0.380. The number of aliphatic imine (C=N–C) groups is 1. The average molecular weight is 176 g/mol. The third-order valence-corrected chi connectivity index (χ3v) is 1.40. The maximum absolute atomic E-state index is 10.8. The van der Waals surface area contributed by atoms with Crippen LogP contribution in [0.15, 0.2) is 4.99 Å². The number of nitrogens with two attached hydrogens (primary N) is 1. The fraction of sp³-hybridized carbons (Fsp3) is 0.400. The standard InChI is InChI=1S/C5H6ClN3O2/c6-2-1-8-5(11)3(9-2)4(7)10/h2H,1H2,(H2,7,10)(H,8,11). The summed E-state index contributed by atoms with van der Waals surface area (Å²) in [5, 5.41) is 2.36. The van der Waals surface area contributed by atoms with E-state index in [0.717, 1.165) is 0 Å². The van der Waals surface area contributed by atoms with Gasteiger partial charge >= 0.3 is 0 Å². The molecule has 60 valence electrons. The van der Waals surface area contributed by atoms with Crippen LogP contribution in [-0.4, -0.2) is 29.6 Å². The Hall–Kier alpha value is -1.10. The van der Waals surface area contributed by atoms with Gasteiger partial charge in [-0.15, -0.1) is 0 Å².